The Hall–Kier alpha value is -3.28. The van der Waals surface area contributed by atoms with Gasteiger partial charge in [0.05, 0.1) is 10.7 Å². The van der Waals surface area contributed by atoms with Crippen LogP contribution in [0.1, 0.15) is 23.6 Å². The lowest BCUT2D eigenvalue weighted by atomic mass is 9.98. The third-order valence-corrected chi connectivity index (χ3v) is 9.06. The number of benzene rings is 3. The normalized spacial score (nSPS) is 18.8. The summed E-state index contributed by atoms with van der Waals surface area (Å²) in [7, 11) is 4.14. The molecule has 5 heteroatoms. The fourth-order valence-electron chi connectivity index (χ4n) is 4.52. The van der Waals surface area contributed by atoms with Gasteiger partial charge in [-0.15, -0.1) is 0 Å². The summed E-state index contributed by atoms with van der Waals surface area (Å²) >= 11 is 3.72. The first-order valence-corrected chi connectivity index (χ1v) is 13.4. The molecule has 1 atom stereocenters. The molecule has 0 saturated heterocycles. The summed E-state index contributed by atoms with van der Waals surface area (Å²) in [6.45, 7) is 0. The van der Waals surface area contributed by atoms with Crippen molar-refractivity contribution in [3.8, 4) is 0 Å². The Balaban J connectivity index is 1.35. The van der Waals surface area contributed by atoms with E-state index in [1.165, 1.54) is 36.4 Å². The third-order valence-electron chi connectivity index (χ3n) is 6.43. The van der Waals surface area contributed by atoms with E-state index in [9.17, 15) is 0 Å². The van der Waals surface area contributed by atoms with Gasteiger partial charge in [0.15, 0.2) is 0 Å². The molecule has 1 unspecified atom stereocenters. The summed E-state index contributed by atoms with van der Waals surface area (Å²) < 4.78 is 3.53. The van der Waals surface area contributed by atoms with Crippen LogP contribution in [0.5, 0.6) is 0 Å². The summed E-state index contributed by atoms with van der Waals surface area (Å²) in [6.07, 6.45) is 9.77. The quantitative estimate of drug-likeness (QED) is 0.358. The molecule has 1 aliphatic carbocycles. The van der Waals surface area contributed by atoms with Gasteiger partial charge in [0.2, 0.25) is 11.8 Å². The Morgan fingerprint density at radius 3 is 2.03 bits per heavy atom. The number of thioether (sulfide) groups is 2. The molecule has 3 aromatic carbocycles. The zero-order chi connectivity index (χ0) is 23.8. The van der Waals surface area contributed by atoms with Crippen LogP contribution >= 0.6 is 23.5 Å². The summed E-state index contributed by atoms with van der Waals surface area (Å²) in [5.41, 5.74) is 7.17. The highest BCUT2D eigenvalue weighted by molar-refractivity contribution is 8.24. The number of hydrazone groups is 1. The van der Waals surface area contributed by atoms with E-state index in [0.29, 0.717) is 0 Å². The molecule has 2 aliphatic heterocycles. The Bertz CT molecular complexity index is 1380. The SMILES string of the molecule is CN(C)c1ccc(C2=N[N+](=C3C=CC(=C4Sc5ccccc5S4)C=C3)C(c3ccccc3)C2)cc1. The first kappa shape index (κ1) is 22.2. The van der Waals surface area contributed by atoms with Crippen LogP contribution < -0.4 is 4.90 Å². The van der Waals surface area contributed by atoms with E-state index in [2.05, 4.69) is 127 Å². The van der Waals surface area contributed by atoms with Crippen molar-refractivity contribution in [2.24, 2.45) is 5.10 Å². The van der Waals surface area contributed by atoms with Gasteiger partial charge in [-0.3, -0.25) is 0 Å². The molecule has 0 saturated carbocycles. The zero-order valence-corrected chi connectivity index (χ0v) is 21.4. The van der Waals surface area contributed by atoms with Gasteiger partial charge in [0.25, 0.3) is 0 Å². The lowest BCUT2D eigenvalue weighted by molar-refractivity contribution is -0.566. The smallest absolute Gasteiger partial charge is 0.232 e. The zero-order valence-electron chi connectivity index (χ0n) is 19.8. The van der Waals surface area contributed by atoms with Gasteiger partial charge in [-0.05, 0) is 47.1 Å². The molecule has 3 nitrogen and oxygen atoms in total. The van der Waals surface area contributed by atoms with Crippen molar-refractivity contribution < 1.29 is 4.68 Å². The number of fused-ring (bicyclic) bond motifs is 1. The first-order chi connectivity index (χ1) is 17.2. The van der Waals surface area contributed by atoms with Gasteiger partial charge in [-0.1, -0.05) is 82.8 Å². The fraction of sp³-hybridized carbons (Fsp3) is 0.133. The van der Waals surface area contributed by atoms with Crippen molar-refractivity contribution in [1.29, 1.82) is 0 Å². The molecular weight excluding hydrogens is 466 g/mol. The number of rotatable bonds is 3. The van der Waals surface area contributed by atoms with Gasteiger partial charge in [-0.25, -0.2) is 0 Å². The van der Waals surface area contributed by atoms with Crippen LogP contribution in [-0.2, 0) is 0 Å². The van der Waals surface area contributed by atoms with Crippen molar-refractivity contribution in [3.05, 3.63) is 124 Å². The number of nitrogens with zero attached hydrogens (tertiary/aromatic N) is 3. The maximum atomic E-state index is 5.14. The van der Waals surface area contributed by atoms with E-state index in [-0.39, 0.29) is 6.04 Å². The second-order valence-corrected chi connectivity index (χ2v) is 11.3. The Labute approximate surface area is 215 Å². The summed E-state index contributed by atoms with van der Waals surface area (Å²) in [5.74, 6) is 0. The molecule has 3 aromatic rings. The van der Waals surface area contributed by atoms with E-state index in [4.69, 9.17) is 5.10 Å². The topological polar surface area (TPSA) is 18.6 Å². The molecule has 0 amide bonds. The average Bonchev–Trinajstić information content (AvgIpc) is 3.55. The molecule has 0 spiro atoms. The van der Waals surface area contributed by atoms with Crippen LogP contribution in [0.4, 0.5) is 5.69 Å². The van der Waals surface area contributed by atoms with Crippen LogP contribution in [0.25, 0.3) is 0 Å². The molecule has 0 N–H and O–H groups in total. The lowest BCUT2D eigenvalue weighted by Gasteiger charge is -2.12. The molecule has 6 rings (SSSR count). The highest BCUT2D eigenvalue weighted by atomic mass is 32.2. The fourth-order valence-corrected chi connectivity index (χ4v) is 7.01. The minimum absolute atomic E-state index is 0.178. The predicted molar refractivity (Wildman–Crippen MR) is 150 cm³/mol. The van der Waals surface area contributed by atoms with Crippen molar-refractivity contribution >= 4 is 40.6 Å². The Kier molecular flexibility index (Phi) is 5.96. The van der Waals surface area contributed by atoms with E-state index >= 15 is 0 Å². The van der Waals surface area contributed by atoms with Crippen molar-refractivity contribution in [3.63, 3.8) is 0 Å². The van der Waals surface area contributed by atoms with Gasteiger partial charge >= 0.3 is 0 Å². The third kappa shape index (κ3) is 4.42. The first-order valence-electron chi connectivity index (χ1n) is 11.8. The Morgan fingerprint density at radius 1 is 0.771 bits per heavy atom. The molecule has 0 aromatic heterocycles. The van der Waals surface area contributed by atoms with E-state index < -0.39 is 0 Å². The molecule has 2 heterocycles. The number of hydrogen-bond donors (Lipinski definition) is 0. The van der Waals surface area contributed by atoms with E-state index in [1.54, 1.807) is 0 Å². The van der Waals surface area contributed by atoms with Gasteiger partial charge in [-0.2, -0.15) is 0 Å². The average molecular weight is 493 g/mol. The van der Waals surface area contributed by atoms with Crippen LogP contribution in [0.15, 0.2) is 128 Å². The lowest BCUT2D eigenvalue weighted by Crippen LogP contribution is -2.16. The summed E-state index contributed by atoms with van der Waals surface area (Å²) in [4.78, 5) is 4.81. The van der Waals surface area contributed by atoms with Gasteiger partial charge in [0.1, 0.15) is 5.71 Å². The largest absolute Gasteiger partial charge is 0.378 e. The van der Waals surface area contributed by atoms with Crippen molar-refractivity contribution in [2.75, 3.05) is 19.0 Å². The molecule has 0 radical (unpaired) electrons. The second-order valence-electron chi connectivity index (χ2n) is 8.95. The van der Waals surface area contributed by atoms with Gasteiger partial charge in [0, 0.05) is 52.9 Å². The Morgan fingerprint density at radius 2 is 1.40 bits per heavy atom. The van der Waals surface area contributed by atoms with Crippen molar-refractivity contribution in [1.82, 2.24) is 0 Å². The van der Waals surface area contributed by atoms with Crippen LogP contribution in [0.2, 0.25) is 0 Å². The maximum Gasteiger partial charge on any atom is 0.232 e. The molecule has 172 valence electrons. The summed E-state index contributed by atoms with van der Waals surface area (Å²) in [6, 6.07) is 28.2. The van der Waals surface area contributed by atoms with Crippen LogP contribution in [-0.4, -0.2) is 30.2 Å². The molecule has 3 aliphatic rings. The highest BCUT2D eigenvalue weighted by Crippen LogP contribution is 2.52. The number of anilines is 1. The van der Waals surface area contributed by atoms with Crippen LogP contribution in [0, 0.1) is 0 Å². The van der Waals surface area contributed by atoms with E-state index in [0.717, 1.165) is 17.8 Å². The second kappa shape index (κ2) is 9.40. The minimum atomic E-state index is 0.178. The van der Waals surface area contributed by atoms with Gasteiger partial charge < -0.3 is 4.90 Å². The summed E-state index contributed by atoms with van der Waals surface area (Å²) in [5, 5.41) is 5.14. The highest BCUT2D eigenvalue weighted by Gasteiger charge is 2.36. The molecule has 0 bridgehead atoms. The van der Waals surface area contributed by atoms with Crippen molar-refractivity contribution in [2.45, 2.75) is 22.3 Å². The maximum absolute atomic E-state index is 5.14. The van der Waals surface area contributed by atoms with E-state index in [1.807, 2.05) is 23.5 Å². The molecule has 0 fully saturated rings. The molecule has 35 heavy (non-hydrogen) atoms. The van der Waals surface area contributed by atoms with Crippen LogP contribution in [0.3, 0.4) is 0 Å². The monoisotopic (exact) mass is 492 g/mol. The number of allylic oxidation sites excluding steroid dienone is 5. The predicted octanol–water partition coefficient (Wildman–Crippen LogP) is 7.29. The molecular formula is C30H26N3S2+. The standard InChI is InChI=1S/C30H26N3S2/c1-32(2)24-16-12-21(13-17-24)26-20-27(22-8-4-3-5-9-22)33(31-26)25-18-14-23(15-19-25)30-34-28-10-6-7-11-29(28)35-30/h3-19,27H,20H2,1-2H3/q+1. The number of hydrogen-bond acceptors (Lipinski definition) is 4. The minimum Gasteiger partial charge on any atom is -0.378 e.